The lowest BCUT2D eigenvalue weighted by Gasteiger charge is -2.35. The number of nitrogens with one attached hydrogen (secondary N) is 1. The van der Waals surface area contributed by atoms with Gasteiger partial charge in [-0.05, 0) is 51.0 Å². The van der Waals surface area contributed by atoms with E-state index < -0.39 is 0 Å². The number of hydrogen-bond acceptors (Lipinski definition) is 2. The molecule has 1 aliphatic heterocycles. The van der Waals surface area contributed by atoms with Gasteiger partial charge in [-0.25, -0.2) is 0 Å². The van der Waals surface area contributed by atoms with E-state index >= 15 is 0 Å². The SMILES string of the molecule is CCC(CC)C(=O)N1CCCC(NCC2CC2)C1. The van der Waals surface area contributed by atoms with Crippen molar-refractivity contribution in [2.24, 2.45) is 11.8 Å². The van der Waals surface area contributed by atoms with Crippen molar-refractivity contribution >= 4 is 5.91 Å². The lowest BCUT2D eigenvalue weighted by Crippen LogP contribution is -2.49. The van der Waals surface area contributed by atoms with Crippen molar-refractivity contribution in [2.75, 3.05) is 19.6 Å². The van der Waals surface area contributed by atoms with Crippen molar-refractivity contribution in [3.8, 4) is 0 Å². The summed E-state index contributed by atoms with van der Waals surface area (Å²) in [6, 6.07) is 0.540. The second-order valence-corrected chi connectivity index (χ2v) is 5.99. The quantitative estimate of drug-likeness (QED) is 0.787. The fraction of sp³-hybridized carbons (Fsp3) is 0.933. The van der Waals surface area contributed by atoms with Crippen LogP contribution in [-0.4, -0.2) is 36.5 Å². The monoisotopic (exact) mass is 252 g/mol. The molecule has 2 fully saturated rings. The van der Waals surface area contributed by atoms with E-state index in [1.54, 1.807) is 0 Å². The Balaban J connectivity index is 1.78. The predicted molar refractivity (Wildman–Crippen MR) is 74.4 cm³/mol. The second kappa shape index (κ2) is 6.55. The van der Waals surface area contributed by atoms with Crippen molar-refractivity contribution in [1.82, 2.24) is 10.2 Å². The van der Waals surface area contributed by atoms with E-state index in [0.717, 1.165) is 44.8 Å². The molecule has 1 amide bonds. The molecule has 1 unspecified atom stereocenters. The minimum absolute atomic E-state index is 0.243. The van der Waals surface area contributed by atoms with Gasteiger partial charge in [0.15, 0.2) is 0 Å². The molecular formula is C15H28N2O. The molecule has 0 aromatic carbocycles. The van der Waals surface area contributed by atoms with Crippen LogP contribution < -0.4 is 5.32 Å². The smallest absolute Gasteiger partial charge is 0.225 e. The van der Waals surface area contributed by atoms with Gasteiger partial charge in [-0.15, -0.1) is 0 Å². The number of piperidine rings is 1. The highest BCUT2D eigenvalue weighted by Crippen LogP contribution is 2.28. The van der Waals surface area contributed by atoms with E-state index in [9.17, 15) is 4.79 Å². The summed E-state index contributed by atoms with van der Waals surface area (Å²) in [6.45, 7) is 7.31. The van der Waals surface area contributed by atoms with Gasteiger partial charge < -0.3 is 10.2 Å². The van der Waals surface area contributed by atoms with Crippen LogP contribution in [-0.2, 0) is 4.79 Å². The van der Waals surface area contributed by atoms with Crippen molar-refractivity contribution < 1.29 is 4.79 Å². The zero-order valence-corrected chi connectivity index (χ0v) is 12.0. The number of amides is 1. The van der Waals surface area contributed by atoms with Crippen molar-refractivity contribution in [3.63, 3.8) is 0 Å². The highest BCUT2D eigenvalue weighted by molar-refractivity contribution is 5.78. The molecule has 18 heavy (non-hydrogen) atoms. The number of carbonyl (C=O) groups is 1. The lowest BCUT2D eigenvalue weighted by molar-refractivity contribution is -0.137. The molecule has 2 aliphatic rings. The lowest BCUT2D eigenvalue weighted by atomic mass is 9.98. The zero-order chi connectivity index (χ0) is 13.0. The summed E-state index contributed by atoms with van der Waals surface area (Å²) >= 11 is 0. The highest BCUT2D eigenvalue weighted by Gasteiger charge is 2.28. The van der Waals surface area contributed by atoms with Gasteiger partial charge in [0.2, 0.25) is 5.91 Å². The Morgan fingerprint density at radius 2 is 2.00 bits per heavy atom. The summed E-state index contributed by atoms with van der Waals surface area (Å²) in [5.74, 6) is 1.56. The molecule has 1 aliphatic carbocycles. The van der Waals surface area contributed by atoms with Crippen LogP contribution >= 0.6 is 0 Å². The van der Waals surface area contributed by atoms with Crippen molar-refractivity contribution in [3.05, 3.63) is 0 Å². The third-order valence-corrected chi connectivity index (χ3v) is 4.46. The Bertz CT molecular complexity index is 272. The number of likely N-dealkylation sites (tertiary alicyclic amines) is 1. The summed E-state index contributed by atoms with van der Waals surface area (Å²) in [5, 5.41) is 3.65. The minimum atomic E-state index is 0.243. The third-order valence-electron chi connectivity index (χ3n) is 4.46. The first kappa shape index (κ1) is 13.9. The number of hydrogen-bond donors (Lipinski definition) is 1. The molecule has 1 saturated heterocycles. The molecule has 1 heterocycles. The van der Waals surface area contributed by atoms with Gasteiger partial charge >= 0.3 is 0 Å². The maximum atomic E-state index is 12.4. The van der Waals surface area contributed by atoms with Crippen LogP contribution in [0.15, 0.2) is 0 Å². The van der Waals surface area contributed by atoms with E-state index in [1.165, 1.54) is 19.3 Å². The van der Waals surface area contributed by atoms with E-state index in [0.29, 0.717) is 11.9 Å². The normalized spacial score (nSPS) is 24.6. The molecule has 2 rings (SSSR count). The first-order valence-electron chi connectivity index (χ1n) is 7.76. The number of nitrogens with zero attached hydrogens (tertiary/aromatic N) is 1. The van der Waals surface area contributed by atoms with Crippen LogP contribution in [0, 0.1) is 11.8 Å². The van der Waals surface area contributed by atoms with E-state index in [4.69, 9.17) is 0 Å². The first-order chi connectivity index (χ1) is 8.74. The minimum Gasteiger partial charge on any atom is -0.341 e. The van der Waals surface area contributed by atoms with Gasteiger partial charge in [0.1, 0.15) is 0 Å². The molecule has 1 atom stereocenters. The maximum absolute atomic E-state index is 12.4. The van der Waals surface area contributed by atoms with Gasteiger partial charge in [0, 0.05) is 25.0 Å². The Kier molecular flexibility index (Phi) is 5.04. The van der Waals surface area contributed by atoms with Crippen LogP contribution in [0.4, 0.5) is 0 Å². The summed E-state index contributed by atoms with van der Waals surface area (Å²) in [7, 11) is 0. The fourth-order valence-electron chi connectivity index (χ4n) is 2.90. The van der Waals surface area contributed by atoms with E-state index in [-0.39, 0.29) is 5.92 Å². The molecule has 104 valence electrons. The van der Waals surface area contributed by atoms with E-state index in [1.807, 2.05) is 0 Å². The topological polar surface area (TPSA) is 32.3 Å². The Morgan fingerprint density at radius 3 is 2.61 bits per heavy atom. The summed E-state index contributed by atoms with van der Waals surface area (Å²) in [4.78, 5) is 14.5. The Hall–Kier alpha value is -0.570. The van der Waals surface area contributed by atoms with Crippen molar-refractivity contribution in [1.29, 1.82) is 0 Å². The van der Waals surface area contributed by atoms with Crippen LogP contribution in [0.25, 0.3) is 0 Å². The second-order valence-electron chi connectivity index (χ2n) is 5.99. The predicted octanol–water partition coefficient (Wildman–Crippen LogP) is 2.41. The molecular weight excluding hydrogens is 224 g/mol. The first-order valence-corrected chi connectivity index (χ1v) is 7.76. The van der Waals surface area contributed by atoms with Gasteiger partial charge in [-0.3, -0.25) is 4.79 Å². The van der Waals surface area contributed by atoms with Crippen molar-refractivity contribution in [2.45, 2.75) is 58.4 Å². The van der Waals surface area contributed by atoms with Gasteiger partial charge in [0.05, 0.1) is 0 Å². The Labute approximate surface area is 111 Å². The van der Waals surface area contributed by atoms with Gasteiger partial charge in [-0.1, -0.05) is 13.8 Å². The number of carbonyl (C=O) groups excluding carboxylic acids is 1. The third kappa shape index (κ3) is 3.71. The summed E-state index contributed by atoms with van der Waals surface area (Å²) in [5.41, 5.74) is 0. The molecule has 0 aromatic heterocycles. The summed E-state index contributed by atoms with van der Waals surface area (Å²) in [6.07, 6.45) is 7.15. The molecule has 3 heteroatoms. The van der Waals surface area contributed by atoms with Crippen LogP contribution in [0.2, 0.25) is 0 Å². The molecule has 0 radical (unpaired) electrons. The van der Waals surface area contributed by atoms with Crippen LogP contribution in [0.1, 0.15) is 52.4 Å². The number of rotatable bonds is 6. The van der Waals surface area contributed by atoms with Crippen LogP contribution in [0.3, 0.4) is 0 Å². The van der Waals surface area contributed by atoms with Gasteiger partial charge in [-0.2, -0.15) is 0 Å². The Morgan fingerprint density at radius 1 is 1.28 bits per heavy atom. The molecule has 0 bridgehead atoms. The van der Waals surface area contributed by atoms with Gasteiger partial charge in [0.25, 0.3) is 0 Å². The van der Waals surface area contributed by atoms with Crippen LogP contribution in [0.5, 0.6) is 0 Å². The standard InChI is InChI=1S/C15H28N2O/c1-3-13(4-2)15(18)17-9-5-6-14(11-17)16-10-12-7-8-12/h12-14,16H,3-11H2,1-2H3. The fourth-order valence-corrected chi connectivity index (χ4v) is 2.90. The zero-order valence-electron chi connectivity index (χ0n) is 12.0. The average molecular weight is 252 g/mol. The molecule has 0 aromatic rings. The molecule has 0 spiro atoms. The molecule has 1 saturated carbocycles. The average Bonchev–Trinajstić information content (AvgIpc) is 3.22. The highest BCUT2D eigenvalue weighted by atomic mass is 16.2. The van der Waals surface area contributed by atoms with E-state index in [2.05, 4.69) is 24.1 Å². The molecule has 3 nitrogen and oxygen atoms in total. The largest absolute Gasteiger partial charge is 0.341 e. The molecule has 1 N–H and O–H groups in total. The maximum Gasteiger partial charge on any atom is 0.225 e. The summed E-state index contributed by atoms with van der Waals surface area (Å²) < 4.78 is 0.